The molecule has 0 aromatic heterocycles. The topological polar surface area (TPSA) is 0 Å². The van der Waals surface area contributed by atoms with Crippen LogP contribution in [0.3, 0.4) is 0 Å². The third-order valence-electron chi connectivity index (χ3n) is 2.23. The maximum atomic E-state index is 5.51. The van der Waals surface area contributed by atoms with Gasteiger partial charge in [-0.25, -0.2) is 0 Å². The van der Waals surface area contributed by atoms with Crippen LogP contribution in [0.15, 0.2) is 12.2 Å². The van der Waals surface area contributed by atoms with Crippen LogP contribution in [0.25, 0.3) is 0 Å². The highest BCUT2D eigenvalue weighted by molar-refractivity contribution is 6.18. The molecule has 0 heterocycles. The van der Waals surface area contributed by atoms with E-state index in [4.69, 9.17) is 11.6 Å². The Morgan fingerprint density at radius 1 is 0.846 bits per heavy atom. The lowest BCUT2D eigenvalue weighted by molar-refractivity contribution is 0.592. The van der Waals surface area contributed by atoms with Crippen LogP contribution < -0.4 is 0 Å². The molecule has 0 radical (unpaired) electrons. The first-order chi connectivity index (χ1) is 6.41. The van der Waals surface area contributed by atoms with E-state index >= 15 is 0 Å². The van der Waals surface area contributed by atoms with Gasteiger partial charge in [-0.15, -0.1) is 11.6 Å². The summed E-state index contributed by atoms with van der Waals surface area (Å²) >= 11 is 5.51. The summed E-state index contributed by atoms with van der Waals surface area (Å²) in [5.74, 6) is 0.663. The quantitative estimate of drug-likeness (QED) is 0.283. The number of allylic oxidation sites excluding steroid dienone is 2. The summed E-state index contributed by atoms with van der Waals surface area (Å²) in [7, 11) is 0. The molecular formula is C12H23Cl. The maximum Gasteiger partial charge on any atom is 0.0404 e. The summed E-state index contributed by atoms with van der Waals surface area (Å²) in [4.78, 5) is 0. The monoisotopic (exact) mass is 202 g/mol. The molecular weight excluding hydrogens is 180 g/mol. The van der Waals surface area contributed by atoms with Gasteiger partial charge in [-0.3, -0.25) is 0 Å². The van der Waals surface area contributed by atoms with Crippen LogP contribution in [0, 0.1) is 0 Å². The second kappa shape index (κ2) is 12.0. The number of rotatable bonds is 9. The average molecular weight is 203 g/mol. The van der Waals surface area contributed by atoms with Crippen molar-refractivity contribution in [1.29, 1.82) is 0 Å². The van der Waals surface area contributed by atoms with Crippen molar-refractivity contribution in [2.75, 3.05) is 5.88 Å². The lowest BCUT2D eigenvalue weighted by atomic mass is 10.1. The minimum atomic E-state index is 0.663. The molecule has 0 saturated heterocycles. The number of hydrogen-bond acceptors (Lipinski definition) is 0. The number of unbranched alkanes of at least 4 members (excludes halogenated alkanes) is 7. The van der Waals surface area contributed by atoms with Gasteiger partial charge in [0.15, 0.2) is 0 Å². The van der Waals surface area contributed by atoms with E-state index in [-0.39, 0.29) is 0 Å². The Hall–Kier alpha value is 0.0300. The third kappa shape index (κ3) is 12.0. The Bertz CT molecular complexity index is 108. The van der Waals surface area contributed by atoms with Gasteiger partial charge in [0.25, 0.3) is 0 Å². The lowest BCUT2D eigenvalue weighted by Gasteiger charge is -1.98. The van der Waals surface area contributed by atoms with Crippen LogP contribution in [0.1, 0.15) is 58.3 Å². The molecule has 0 atom stereocenters. The van der Waals surface area contributed by atoms with Crippen molar-refractivity contribution in [2.45, 2.75) is 58.3 Å². The van der Waals surface area contributed by atoms with Crippen molar-refractivity contribution in [3.05, 3.63) is 12.2 Å². The van der Waals surface area contributed by atoms with Crippen LogP contribution in [-0.4, -0.2) is 5.88 Å². The molecule has 0 saturated carbocycles. The first kappa shape index (κ1) is 13.0. The van der Waals surface area contributed by atoms with E-state index in [1.54, 1.807) is 0 Å². The largest absolute Gasteiger partial charge is 0.122 e. The van der Waals surface area contributed by atoms with E-state index < -0.39 is 0 Å². The number of alkyl halides is 1. The summed E-state index contributed by atoms with van der Waals surface area (Å²) < 4.78 is 0. The van der Waals surface area contributed by atoms with Crippen LogP contribution in [0.5, 0.6) is 0 Å². The maximum absolute atomic E-state index is 5.51. The van der Waals surface area contributed by atoms with E-state index in [1.165, 1.54) is 51.4 Å². The first-order valence-electron chi connectivity index (χ1n) is 5.62. The van der Waals surface area contributed by atoms with Crippen LogP contribution in [0.4, 0.5) is 0 Å². The molecule has 0 fully saturated rings. The molecule has 13 heavy (non-hydrogen) atoms. The normalized spacial score (nSPS) is 11.2. The predicted molar refractivity (Wildman–Crippen MR) is 62.5 cm³/mol. The number of hydrogen-bond donors (Lipinski definition) is 0. The van der Waals surface area contributed by atoms with Gasteiger partial charge in [0, 0.05) is 5.88 Å². The second-order valence-electron chi connectivity index (χ2n) is 3.54. The molecule has 0 amide bonds. The highest BCUT2D eigenvalue weighted by Crippen LogP contribution is 2.08. The highest BCUT2D eigenvalue weighted by Gasteiger charge is 1.88. The summed E-state index contributed by atoms with van der Waals surface area (Å²) in [6.45, 7) is 2.26. The van der Waals surface area contributed by atoms with Gasteiger partial charge in [-0.05, 0) is 12.8 Å². The predicted octanol–water partition coefficient (Wildman–Crippen LogP) is 4.92. The fourth-order valence-electron chi connectivity index (χ4n) is 1.40. The first-order valence-corrected chi connectivity index (χ1v) is 6.16. The van der Waals surface area contributed by atoms with Gasteiger partial charge in [-0.1, -0.05) is 57.6 Å². The minimum Gasteiger partial charge on any atom is -0.122 e. The Morgan fingerprint density at radius 2 is 1.46 bits per heavy atom. The zero-order chi connectivity index (χ0) is 9.78. The van der Waals surface area contributed by atoms with Crippen LogP contribution >= 0.6 is 11.6 Å². The SMILES string of the molecule is CCCCCCCCC/C=C/CCl. The van der Waals surface area contributed by atoms with Crippen molar-refractivity contribution in [3.8, 4) is 0 Å². The zero-order valence-electron chi connectivity index (χ0n) is 8.90. The zero-order valence-corrected chi connectivity index (χ0v) is 9.65. The summed E-state index contributed by atoms with van der Waals surface area (Å²) in [6.07, 6.45) is 15.2. The van der Waals surface area contributed by atoms with E-state index in [9.17, 15) is 0 Å². The molecule has 0 aliphatic heterocycles. The number of halogens is 1. The van der Waals surface area contributed by atoms with Gasteiger partial charge in [0.05, 0.1) is 0 Å². The van der Waals surface area contributed by atoms with Gasteiger partial charge < -0.3 is 0 Å². The smallest absolute Gasteiger partial charge is 0.0404 e. The van der Waals surface area contributed by atoms with Gasteiger partial charge >= 0.3 is 0 Å². The van der Waals surface area contributed by atoms with Crippen molar-refractivity contribution in [2.24, 2.45) is 0 Å². The fraction of sp³-hybridized carbons (Fsp3) is 0.833. The van der Waals surface area contributed by atoms with E-state index in [2.05, 4.69) is 13.0 Å². The Kier molecular flexibility index (Phi) is 12.1. The molecule has 0 aromatic carbocycles. The van der Waals surface area contributed by atoms with Gasteiger partial charge in [-0.2, -0.15) is 0 Å². The Morgan fingerprint density at radius 3 is 2.08 bits per heavy atom. The second-order valence-corrected chi connectivity index (χ2v) is 3.84. The van der Waals surface area contributed by atoms with Crippen molar-refractivity contribution >= 4 is 11.6 Å². The standard InChI is InChI=1S/C12H23Cl/c1-2-3-4-5-6-7-8-9-10-11-12-13/h10-11H,2-9,12H2,1H3/b11-10+. The Balaban J connectivity index is 2.87. The average Bonchev–Trinajstić information content (AvgIpc) is 2.16. The summed E-state index contributed by atoms with van der Waals surface area (Å²) in [5.41, 5.74) is 0. The molecule has 0 rings (SSSR count). The third-order valence-corrected chi connectivity index (χ3v) is 2.41. The summed E-state index contributed by atoms with van der Waals surface area (Å²) in [6, 6.07) is 0. The minimum absolute atomic E-state index is 0.663. The molecule has 0 nitrogen and oxygen atoms in total. The van der Waals surface area contributed by atoms with Crippen molar-refractivity contribution in [1.82, 2.24) is 0 Å². The van der Waals surface area contributed by atoms with Gasteiger partial charge in [0.2, 0.25) is 0 Å². The van der Waals surface area contributed by atoms with Crippen LogP contribution in [0.2, 0.25) is 0 Å². The molecule has 0 aliphatic rings. The van der Waals surface area contributed by atoms with Crippen molar-refractivity contribution in [3.63, 3.8) is 0 Å². The van der Waals surface area contributed by atoms with E-state index in [0.29, 0.717) is 5.88 Å². The molecule has 78 valence electrons. The summed E-state index contributed by atoms with van der Waals surface area (Å²) in [5, 5.41) is 0. The molecule has 0 unspecified atom stereocenters. The highest BCUT2D eigenvalue weighted by atomic mass is 35.5. The fourth-order valence-corrected chi connectivity index (χ4v) is 1.53. The molecule has 1 heteroatoms. The van der Waals surface area contributed by atoms with E-state index in [0.717, 1.165) is 0 Å². The van der Waals surface area contributed by atoms with Crippen LogP contribution in [-0.2, 0) is 0 Å². The molecule has 0 aromatic rings. The molecule has 0 spiro atoms. The lowest BCUT2D eigenvalue weighted by Crippen LogP contribution is -1.78. The molecule has 0 N–H and O–H groups in total. The molecule has 0 aliphatic carbocycles. The van der Waals surface area contributed by atoms with E-state index in [1.807, 2.05) is 6.08 Å². The van der Waals surface area contributed by atoms with Crippen molar-refractivity contribution < 1.29 is 0 Å². The molecule has 0 bridgehead atoms. The Labute approximate surface area is 88.4 Å². The van der Waals surface area contributed by atoms with Gasteiger partial charge in [0.1, 0.15) is 0 Å².